The van der Waals surface area contributed by atoms with Crippen molar-refractivity contribution >= 4 is 0 Å². The van der Waals surface area contributed by atoms with Crippen molar-refractivity contribution < 1.29 is 4.39 Å². The van der Waals surface area contributed by atoms with Crippen LogP contribution in [0.5, 0.6) is 0 Å². The maximum absolute atomic E-state index is 13.5. The number of hydrogen-bond acceptors (Lipinski definition) is 1. The molecule has 2 unspecified atom stereocenters. The van der Waals surface area contributed by atoms with Crippen LogP contribution in [-0.4, -0.2) is 13.1 Å². The fourth-order valence-electron chi connectivity index (χ4n) is 2.33. The highest BCUT2D eigenvalue weighted by atomic mass is 19.1. The zero-order chi connectivity index (χ0) is 9.97. The predicted molar refractivity (Wildman–Crippen MR) is 55.8 cm³/mol. The van der Waals surface area contributed by atoms with Crippen LogP contribution < -0.4 is 5.32 Å². The van der Waals surface area contributed by atoms with Crippen molar-refractivity contribution in [2.24, 2.45) is 0 Å². The third-order valence-corrected chi connectivity index (χ3v) is 3.19. The van der Waals surface area contributed by atoms with E-state index in [9.17, 15) is 4.39 Å². The van der Waals surface area contributed by atoms with Gasteiger partial charge in [-0.25, -0.2) is 4.39 Å². The number of halogens is 1. The van der Waals surface area contributed by atoms with E-state index in [-0.39, 0.29) is 5.82 Å². The molecule has 2 atom stereocenters. The first-order valence-electron chi connectivity index (χ1n) is 5.23. The summed E-state index contributed by atoms with van der Waals surface area (Å²) in [5.41, 5.74) is 0.894. The molecule has 1 saturated carbocycles. The third kappa shape index (κ3) is 1.80. The molecule has 14 heavy (non-hydrogen) atoms. The minimum Gasteiger partial charge on any atom is -0.317 e. The number of hydrogen-bond donors (Lipinski definition) is 1. The Balaban J connectivity index is 2.13. The monoisotopic (exact) mass is 193 g/mol. The van der Waals surface area contributed by atoms with Gasteiger partial charge in [-0.2, -0.15) is 0 Å². The smallest absolute Gasteiger partial charge is 0.126 e. The number of nitrogens with one attached hydrogen (secondary N) is 1. The molecule has 0 bridgehead atoms. The van der Waals surface area contributed by atoms with E-state index in [1.165, 1.54) is 0 Å². The standard InChI is InChI=1S/C12H16FN/c1-14-10-7-6-9(8-10)11-4-2-3-5-12(11)13/h2-5,9-10,14H,6-8H2,1H3. The molecule has 2 rings (SSSR count). The minimum atomic E-state index is -0.0470. The maximum Gasteiger partial charge on any atom is 0.126 e. The van der Waals surface area contributed by atoms with Crippen molar-refractivity contribution in [2.75, 3.05) is 7.05 Å². The van der Waals surface area contributed by atoms with E-state index < -0.39 is 0 Å². The molecule has 0 radical (unpaired) electrons. The van der Waals surface area contributed by atoms with Crippen LogP contribution in [0.25, 0.3) is 0 Å². The van der Waals surface area contributed by atoms with E-state index >= 15 is 0 Å². The molecule has 0 saturated heterocycles. The van der Waals surface area contributed by atoms with E-state index in [4.69, 9.17) is 0 Å². The SMILES string of the molecule is CNC1CCC(c2ccccc2F)C1. The first kappa shape index (κ1) is 9.66. The van der Waals surface area contributed by atoms with E-state index in [0.29, 0.717) is 12.0 Å². The molecule has 0 spiro atoms. The van der Waals surface area contributed by atoms with E-state index in [1.807, 2.05) is 19.2 Å². The van der Waals surface area contributed by atoms with Crippen LogP contribution in [-0.2, 0) is 0 Å². The molecule has 1 nitrogen and oxygen atoms in total. The van der Waals surface area contributed by atoms with Crippen LogP contribution >= 0.6 is 0 Å². The molecule has 1 aliphatic rings. The average molecular weight is 193 g/mol. The van der Waals surface area contributed by atoms with Crippen molar-refractivity contribution in [2.45, 2.75) is 31.2 Å². The normalized spacial score (nSPS) is 26.7. The predicted octanol–water partition coefficient (Wildman–Crippen LogP) is 2.68. The summed E-state index contributed by atoms with van der Waals surface area (Å²) < 4.78 is 13.5. The molecule has 0 aliphatic heterocycles. The molecule has 0 heterocycles. The van der Waals surface area contributed by atoms with Crippen LogP contribution in [0.4, 0.5) is 4.39 Å². The van der Waals surface area contributed by atoms with Gasteiger partial charge in [0.2, 0.25) is 0 Å². The summed E-state index contributed by atoms with van der Waals surface area (Å²) in [5.74, 6) is 0.364. The molecule has 1 aliphatic carbocycles. The van der Waals surface area contributed by atoms with Gasteiger partial charge in [0.15, 0.2) is 0 Å². The molecular weight excluding hydrogens is 177 g/mol. The molecule has 0 aromatic heterocycles. The largest absolute Gasteiger partial charge is 0.317 e. The van der Waals surface area contributed by atoms with Gasteiger partial charge < -0.3 is 5.32 Å². The van der Waals surface area contributed by atoms with E-state index in [2.05, 4.69) is 5.32 Å². The average Bonchev–Trinajstić information content (AvgIpc) is 2.67. The minimum absolute atomic E-state index is 0.0470. The Labute approximate surface area is 84.3 Å². The fraction of sp³-hybridized carbons (Fsp3) is 0.500. The summed E-state index contributed by atoms with van der Waals surface area (Å²) in [7, 11) is 1.98. The highest BCUT2D eigenvalue weighted by molar-refractivity contribution is 5.23. The maximum atomic E-state index is 13.5. The zero-order valence-corrected chi connectivity index (χ0v) is 8.46. The second-order valence-corrected chi connectivity index (χ2v) is 4.02. The van der Waals surface area contributed by atoms with Gasteiger partial charge in [-0.15, -0.1) is 0 Å². The third-order valence-electron chi connectivity index (χ3n) is 3.19. The van der Waals surface area contributed by atoms with Crippen LogP contribution in [0.2, 0.25) is 0 Å². The molecule has 1 N–H and O–H groups in total. The number of rotatable bonds is 2. The lowest BCUT2D eigenvalue weighted by Crippen LogP contribution is -2.21. The Bertz CT molecular complexity index is 311. The quantitative estimate of drug-likeness (QED) is 0.761. The van der Waals surface area contributed by atoms with Gasteiger partial charge in [-0.05, 0) is 43.9 Å². The van der Waals surface area contributed by atoms with Gasteiger partial charge in [0.05, 0.1) is 0 Å². The van der Waals surface area contributed by atoms with Crippen molar-refractivity contribution in [3.8, 4) is 0 Å². The van der Waals surface area contributed by atoms with Gasteiger partial charge in [0, 0.05) is 6.04 Å². The van der Waals surface area contributed by atoms with Crippen LogP contribution in [0.15, 0.2) is 24.3 Å². The molecular formula is C12H16FN. The Morgan fingerprint density at radius 1 is 1.29 bits per heavy atom. The van der Waals surface area contributed by atoms with Crippen LogP contribution in [0.3, 0.4) is 0 Å². The summed E-state index contributed by atoms with van der Waals surface area (Å²) in [6.07, 6.45) is 3.33. The first-order valence-corrected chi connectivity index (χ1v) is 5.23. The van der Waals surface area contributed by atoms with E-state index in [0.717, 1.165) is 24.8 Å². The van der Waals surface area contributed by atoms with Crippen LogP contribution in [0, 0.1) is 5.82 Å². The van der Waals surface area contributed by atoms with Crippen LogP contribution in [0.1, 0.15) is 30.7 Å². The Morgan fingerprint density at radius 3 is 2.71 bits per heavy atom. The van der Waals surface area contributed by atoms with E-state index in [1.54, 1.807) is 12.1 Å². The van der Waals surface area contributed by atoms with Gasteiger partial charge in [-0.3, -0.25) is 0 Å². The second kappa shape index (κ2) is 4.09. The fourth-order valence-corrected chi connectivity index (χ4v) is 2.33. The van der Waals surface area contributed by atoms with Gasteiger partial charge in [0.25, 0.3) is 0 Å². The first-order chi connectivity index (χ1) is 6.81. The highest BCUT2D eigenvalue weighted by Gasteiger charge is 2.26. The lowest BCUT2D eigenvalue weighted by molar-refractivity contribution is 0.553. The highest BCUT2D eigenvalue weighted by Crippen LogP contribution is 2.35. The molecule has 2 heteroatoms. The van der Waals surface area contributed by atoms with Crippen molar-refractivity contribution in [1.29, 1.82) is 0 Å². The lowest BCUT2D eigenvalue weighted by atomic mass is 9.97. The molecule has 0 amide bonds. The lowest BCUT2D eigenvalue weighted by Gasteiger charge is -2.11. The summed E-state index contributed by atoms with van der Waals surface area (Å²) in [5, 5.41) is 3.26. The van der Waals surface area contributed by atoms with Gasteiger partial charge >= 0.3 is 0 Å². The van der Waals surface area contributed by atoms with Crippen molar-refractivity contribution in [1.82, 2.24) is 5.32 Å². The topological polar surface area (TPSA) is 12.0 Å². The summed E-state index contributed by atoms with van der Waals surface area (Å²) in [6, 6.07) is 7.72. The van der Waals surface area contributed by atoms with Crippen molar-refractivity contribution in [3.63, 3.8) is 0 Å². The summed E-state index contributed by atoms with van der Waals surface area (Å²) in [6.45, 7) is 0. The van der Waals surface area contributed by atoms with Gasteiger partial charge in [-0.1, -0.05) is 18.2 Å². The molecule has 1 aromatic rings. The molecule has 1 fully saturated rings. The zero-order valence-electron chi connectivity index (χ0n) is 8.46. The Hall–Kier alpha value is -0.890. The summed E-state index contributed by atoms with van der Waals surface area (Å²) in [4.78, 5) is 0. The Kier molecular flexibility index (Phi) is 2.82. The Morgan fingerprint density at radius 2 is 2.07 bits per heavy atom. The molecule has 76 valence electrons. The second-order valence-electron chi connectivity index (χ2n) is 4.02. The van der Waals surface area contributed by atoms with Crippen molar-refractivity contribution in [3.05, 3.63) is 35.6 Å². The van der Waals surface area contributed by atoms with Gasteiger partial charge in [0.1, 0.15) is 5.82 Å². The molecule has 1 aromatic carbocycles. The number of benzene rings is 1. The summed E-state index contributed by atoms with van der Waals surface area (Å²) >= 11 is 0.